The minimum absolute atomic E-state index is 0.151. The van der Waals surface area contributed by atoms with Gasteiger partial charge in [0.05, 0.1) is 14.2 Å². The van der Waals surface area contributed by atoms with Gasteiger partial charge >= 0.3 is 0 Å². The highest BCUT2D eigenvalue weighted by atomic mass is 79.9. The fraction of sp³-hybridized carbons (Fsp3) is 0.294. The highest BCUT2D eigenvalue weighted by Gasteiger charge is 2.07. The maximum absolute atomic E-state index is 9.81. The molecule has 0 heterocycles. The fourth-order valence-corrected chi connectivity index (χ4v) is 2.60. The van der Waals surface area contributed by atoms with Crippen LogP contribution in [0.25, 0.3) is 0 Å². The average molecular weight is 366 g/mol. The average Bonchev–Trinajstić information content (AvgIpc) is 2.54. The van der Waals surface area contributed by atoms with E-state index in [9.17, 15) is 5.11 Å². The summed E-state index contributed by atoms with van der Waals surface area (Å²) in [6, 6.07) is 11.5. The van der Waals surface area contributed by atoms with Crippen molar-refractivity contribution >= 4 is 15.9 Å². The minimum Gasteiger partial charge on any atom is -0.504 e. The number of benzene rings is 2. The van der Waals surface area contributed by atoms with E-state index in [1.54, 1.807) is 19.2 Å². The predicted molar refractivity (Wildman–Crippen MR) is 90.8 cm³/mol. The van der Waals surface area contributed by atoms with Crippen LogP contribution in [0.1, 0.15) is 11.1 Å². The van der Waals surface area contributed by atoms with E-state index in [1.807, 2.05) is 12.1 Å². The highest BCUT2D eigenvalue weighted by molar-refractivity contribution is 9.10. The van der Waals surface area contributed by atoms with Crippen LogP contribution >= 0.6 is 15.9 Å². The van der Waals surface area contributed by atoms with Crippen LogP contribution in [-0.4, -0.2) is 25.9 Å². The molecule has 2 rings (SSSR count). The van der Waals surface area contributed by atoms with Gasteiger partial charge in [0.15, 0.2) is 11.5 Å². The Kier molecular flexibility index (Phi) is 6.10. The summed E-state index contributed by atoms with van der Waals surface area (Å²) in [5.74, 6) is 1.49. The van der Waals surface area contributed by atoms with Gasteiger partial charge in [0.2, 0.25) is 0 Å². The number of phenols is 1. The van der Waals surface area contributed by atoms with E-state index in [0.29, 0.717) is 12.3 Å². The van der Waals surface area contributed by atoms with E-state index in [-0.39, 0.29) is 5.75 Å². The first kappa shape index (κ1) is 16.6. The molecule has 0 fully saturated rings. The maximum atomic E-state index is 9.81. The molecule has 2 N–H and O–H groups in total. The minimum atomic E-state index is 0.151. The van der Waals surface area contributed by atoms with Crippen molar-refractivity contribution in [2.75, 3.05) is 20.8 Å². The predicted octanol–water partition coefficient (Wildman–Crippen LogP) is 3.50. The van der Waals surface area contributed by atoms with Gasteiger partial charge in [-0.3, -0.25) is 0 Å². The van der Waals surface area contributed by atoms with E-state index in [1.165, 1.54) is 12.7 Å². The molecule has 118 valence electrons. The molecular formula is C17H20BrNO3. The summed E-state index contributed by atoms with van der Waals surface area (Å²) >= 11 is 3.49. The molecule has 2 aromatic rings. The molecule has 0 bridgehead atoms. The number of hydrogen-bond donors (Lipinski definition) is 2. The summed E-state index contributed by atoms with van der Waals surface area (Å²) in [4.78, 5) is 0. The van der Waals surface area contributed by atoms with Crippen molar-refractivity contribution in [1.82, 2.24) is 5.32 Å². The second-order valence-electron chi connectivity index (χ2n) is 4.89. The molecule has 2 aromatic carbocycles. The summed E-state index contributed by atoms with van der Waals surface area (Å²) < 4.78 is 11.1. The Morgan fingerprint density at radius 1 is 1.09 bits per heavy atom. The Morgan fingerprint density at radius 2 is 1.82 bits per heavy atom. The molecule has 0 radical (unpaired) electrons. The van der Waals surface area contributed by atoms with E-state index in [2.05, 4.69) is 33.4 Å². The molecule has 0 aliphatic carbocycles. The van der Waals surface area contributed by atoms with Gasteiger partial charge in [-0.1, -0.05) is 28.1 Å². The van der Waals surface area contributed by atoms with Gasteiger partial charge in [0.25, 0.3) is 0 Å². The van der Waals surface area contributed by atoms with Crippen molar-refractivity contribution in [3.8, 4) is 17.2 Å². The Hall–Kier alpha value is -1.72. The molecule has 0 aromatic heterocycles. The molecule has 0 atom stereocenters. The van der Waals surface area contributed by atoms with Crippen LogP contribution in [-0.2, 0) is 13.0 Å². The van der Waals surface area contributed by atoms with Crippen molar-refractivity contribution in [3.63, 3.8) is 0 Å². The summed E-state index contributed by atoms with van der Waals surface area (Å²) in [6.07, 6.45) is 0.934. The maximum Gasteiger partial charge on any atom is 0.161 e. The fourth-order valence-electron chi connectivity index (χ4n) is 2.13. The van der Waals surface area contributed by atoms with Crippen LogP contribution in [0.15, 0.2) is 40.9 Å². The van der Waals surface area contributed by atoms with Gasteiger partial charge in [-0.05, 0) is 48.4 Å². The summed E-state index contributed by atoms with van der Waals surface area (Å²) in [7, 11) is 3.20. The zero-order valence-electron chi connectivity index (χ0n) is 12.7. The molecule has 0 amide bonds. The normalized spacial score (nSPS) is 10.5. The molecule has 5 heteroatoms. The first-order chi connectivity index (χ1) is 10.6. The third-order valence-electron chi connectivity index (χ3n) is 3.41. The van der Waals surface area contributed by atoms with Crippen LogP contribution in [0.4, 0.5) is 0 Å². The highest BCUT2D eigenvalue weighted by Crippen LogP contribution is 2.32. The van der Waals surface area contributed by atoms with E-state index >= 15 is 0 Å². The first-order valence-electron chi connectivity index (χ1n) is 7.03. The van der Waals surface area contributed by atoms with E-state index < -0.39 is 0 Å². The largest absolute Gasteiger partial charge is 0.504 e. The third kappa shape index (κ3) is 4.39. The van der Waals surface area contributed by atoms with Crippen LogP contribution < -0.4 is 14.8 Å². The molecule has 4 nitrogen and oxygen atoms in total. The van der Waals surface area contributed by atoms with E-state index in [4.69, 9.17) is 9.47 Å². The lowest BCUT2D eigenvalue weighted by molar-refractivity contribution is 0.372. The second kappa shape index (κ2) is 8.06. The number of hydrogen-bond acceptors (Lipinski definition) is 4. The number of methoxy groups -OCH3 is 2. The van der Waals surface area contributed by atoms with Crippen molar-refractivity contribution in [2.45, 2.75) is 13.0 Å². The number of halogens is 1. The molecular weight excluding hydrogens is 346 g/mol. The molecule has 0 saturated carbocycles. The monoisotopic (exact) mass is 365 g/mol. The Morgan fingerprint density at radius 3 is 2.45 bits per heavy atom. The zero-order valence-corrected chi connectivity index (χ0v) is 14.3. The number of aromatic hydroxyl groups is 1. The molecule has 0 aliphatic heterocycles. The zero-order chi connectivity index (χ0) is 15.9. The topological polar surface area (TPSA) is 50.7 Å². The number of phenolic OH excluding ortho intramolecular Hbond substituents is 1. The van der Waals surface area contributed by atoms with Crippen LogP contribution in [0.2, 0.25) is 0 Å². The molecule has 0 aliphatic rings. The van der Waals surface area contributed by atoms with Crippen molar-refractivity contribution < 1.29 is 14.6 Å². The van der Waals surface area contributed by atoms with Crippen molar-refractivity contribution in [1.29, 1.82) is 0 Å². The lowest BCUT2D eigenvalue weighted by Gasteiger charge is -2.10. The second-order valence-corrected chi connectivity index (χ2v) is 5.74. The first-order valence-corrected chi connectivity index (χ1v) is 7.82. The third-order valence-corrected chi connectivity index (χ3v) is 4.15. The van der Waals surface area contributed by atoms with Gasteiger partial charge in [-0.15, -0.1) is 0 Å². The smallest absolute Gasteiger partial charge is 0.161 e. The quantitative estimate of drug-likeness (QED) is 0.737. The van der Waals surface area contributed by atoms with E-state index in [0.717, 1.165) is 28.8 Å². The van der Waals surface area contributed by atoms with Gasteiger partial charge in [0.1, 0.15) is 5.75 Å². The van der Waals surface area contributed by atoms with Crippen molar-refractivity contribution in [2.24, 2.45) is 0 Å². The summed E-state index contributed by atoms with van der Waals surface area (Å²) in [6.45, 7) is 1.53. The van der Waals surface area contributed by atoms with Gasteiger partial charge in [-0.25, -0.2) is 0 Å². The van der Waals surface area contributed by atoms with Crippen molar-refractivity contribution in [3.05, 3.63) is 52.0 Å². The van der Waals surface area contributed by atoms with Crippen LogP contribution in [0.5, 0.6) is 17.2 Å². The SMILES string of the molecule is COc1ccc(CCNCc2cc(O)c(OC)cc2Br)cc1. The van der Waals surface area contributed by atoms with Gasteiger partial charge < -0.3 is 19.9 Å². The summed E-state index contributed by atoms with van der Waals surface area (Å²) in [5.41, 5.74) is 2.25. The van der Waals surface area contributed by atoms with Crippen LogP contribution in [0.3, 0.4) is 0 Å². The Bertz CT molecular complexity index is 614. The lowest BCUT2D eigenvalue weighted by atomic mass is 10.1. The Balaban J connectivity index is 1.84. The number of nitrogens with one attached hydrogen (secondary N) is 1. The van der Waals surface area contributed by atoms with Gasteiger partial charge in [0, 0.05) is 11.0 Å². The van der Waals surface area contributed by atoms with Crippen LogP contribution in [0, 0.1) is 0 Å². The number of rotatable bonds is 7. The molecule has 0 unspecified atom stereocenters. The molecule has 0 spiro atoms. The number of ether oxygens (including phenoxy) is 2. The molecule has 0 saturated heterocycles. The standard InChI is InChI=1S/C17H20BrNO3/c1-21-14-5-3-12(4-6-14)7-8-19-11-13-9-16(20)17(22-2)10-15(13)18/h3-6,9-10,19-20H,7-8,11H2,1-2H3. The van der Waals surface area contributed by atoms with Gasteiger partial charge in [-0.2, -0.15) is 0 Å². The molecule has 22 heavy (non-hydrogen) atoms. The lowest BCUT2D eigenvalue weighted by Crippen LogP contribution is -2.17. The summed E-state index contributed by atoms with van der Waals surface area (Å²) in [5, 5.41) is 13.2. The Labute approximate surface area is 139 Å².